The average molecular weight is 380 g/mol. The molecule has 2 atom stereocenters. The maximum atomic E-state index is 13.7. The SMILES string of the molecule is Cc1cc([C@H]2CNC(=O)[C@@H]2C(=O)Nc2ccccc2F)ccc1C(F)(F)F. The van der Waals surface area contributed by atoms with E-state index in [0.29, 0.717) is 5.56 Å². The van der Waals surface area contributed by atoms with Crippen molar-refractivity contribution in [3.8, 4) is 0 Å². The van der Waals surface area contributed by atoms with Crippen LogP contribution >= 0.6 is 0 Å². The molecule has 2 aromatic carbocycles. The highest BCUT2D eigenvalue weighted by Crippen LogP contribution is 2.36. The molecule has 0 spiro atoms. The van der Waals surface area contributed by atoms with Gasteiger partial charge in [-0.2, -0.15) is 13.2 Å². The van der Waals surface area contributed by atoms with Crippen molar-refractivity contribution in [1.82, 2.24) is 5.32 Å². The van der Waals surface area contributed by atoms with Gasteiger partial charge in [-0.15, -0.1) is 0 Å². The number of halogens is 4. The molecule has 1 saturated heterocycles. The Morgan fingerprint density at radius 3 is 2.52 bits per heavy atom. The number of para-hydroxylation sites is 1. The smallest absolute Gasteiger partial charge is 0.355 e. The minimum Gasteiger partial charge on any atom is -0.355 e. The lowest BCUT2D eigenvalue weighted by Crippen LogP contribution is -2.32. The summed E-state index contributed by atoms with van der Waals surface area (Å²) in [7, 11) is 0. The van der Waals surface area contributed by atoms with Crippen LogP contribution in [-0.4, -0.2) is 18.4 Å². The van der Waals surface area contributed by atoms with Crippen molar-refractivity contribution in [3.63, 3.8) is 0 Å². The van der Waals surface area contributed by atoms with Gasteiger partial charge in [0.15, 0.2) is 0 Å². The van der Waals surface area contributed by atoms with E-state index in [9.17, 15) is 27.2 Å². The summed E-state index contributed by atoms with van der Waals surface area (Å²) in [6.07, 6.45) is -4.48. The van der Waals surface area contributed by atoms with Crippen LogP contribution in [0.3, 0.4) is 0 Å². The number of hydrogen-bond acceptors (Lipinski definition) is 2. The standard InChI is InChI=1S/C19H16F4N2O2/c1-10-8-11(6-7-13(10)19(21,22)23)12-9-24-17(26)16(12)18(27)25-15-5-3-2-4-14(15)20/h2-8,12,16H,9H2,1H3,(H,24,26)(H,25,27)/t12-,16-/m1/s1. The molecule has 1 heterocycles. The fourth-order valence-corrected chi connectivity index (χ4v) is 3.24. The van der Waals surface area contributed by atoms with Gasteiger partial charge in [-0.25, -0.2) is 4.39 Å². The summed E-state index contributed by atoms with van der Waals surface area (Å²) in [4.78, 5) is 24.7. The van der Waals surface area contributed by atoms with Crippen molar-refractivity contribution in [2.45, 2.75) is 19.0 Å². The molecule has 142 valence electrons. The topological polar surface area (TPSA) is 58.2 Å². The minimum absolute atomic E-state index is 0.00705. The van der Waals surface area contributed by atoms with E-state index >= 15 is 0 Å². The monoisotopic (exact) mass is 380 g/mol. The van der Waals surface area contributed by atoms with Crippen LogP contribution in [0.2, 0.25) is 0 Å². The van der Waals surface area contributed by atoms with Crippen molar-refractivity contribution in [2.24, 2.45) is 5.92 Å². The molecule has 0 bridgehead atoms. The highest BCUT2D eigenvalue weighted by Gasteiger charge is 2.42. The van der Waals surface area contributed by atoms with E-state index in [1.165, 1.54) is 43.3 Å². The summed E-state index contributed by atoms with van der Waals surface area (Å²) in [5.74, 6) is -3.72. The quantitative estimate of drug-likeness (QED) is 0.631. The van der Waals surface area contributed by atoms with Gasteiger partial charge in [0.1, 0.15) is 11.7 Å². The van der Waals surface area contributed by atoms with Crippen molar-refractivity contribution < 1.29 is 27.2 Å². The number of rotatable bonds is 3. The number of nitrogens with one attached hydrogen (secondary N) is 2. The molecule has 0 unspecified atom stereocenters. The number of carbonyl (C=O) groups is 2. The second kappa shape index (κ2) is 7.02. The van der Waals surface area contributed by atoms with Crippen molar-refractivity contribution in [1.29, 1.82) is 0 Å². The summed E-state index contributed by atoms with van der Waals surface area (Å²) in [6.45, 7) is 1.43. The Hall–Kier alpha value is -2.90. The fourth-order valence-electron chi connectivity index (χ4n) is 3.24. The summed E-state index contributed by atoms with van der Waals surface area (Å²) in [5.41, 5.74) is -0.388. The van der Waals surface area contributed by atoms with Crippen LogP contribution in [0.1, 0.15) is 22.6 Å². The van der Waals surface area contributed by atoms with Gasteiger partial charge >= 0.3 is 6.18 Å². The van der Waals surface area contributed by atoms with Gasteiger partial charge < -0.3 is 10.6 Å². The number of aryl methyl sites for hydroxylation is 1. The molecule has 2 N–H and O–H groups in total. The fraction of sp³-hybridized carbons (Fsp3) is 0.263. The second-order valence-corrected chi connectivity index (χ2v) is 6.37. The van der Waals surface area contributed by atoms with Gasteiger partial charge in [0.2, 0.25) is 11.8 Å². The van der Waals surface area contributed by atoms with Gasteiger partial charge in [-0.05, 0) is 36.2 Å². The molecule has 4 nitrogen and oxygen atoms in total. The molecular weight excluding hydrogens is 364 g/mol. The predicted octanol–water partition coefficient (Wildman–Crippen LogP) is 3.62. The Morgan fingerprint density at radius 2 is 1.89 bits per heavy atom. The molecule has 27 heavy (non-hydrogen) atoms. The zero-order chi connectivity index (χ0) is 19.8. The Morgan fingerprint density at radius 1 is 1.19 bits per heavy atom. The van der Waals surface area contributed by atoms with E-state index in [1.54, 1.807) is 0 Å². The van der Waals surface area contributed by atoms with Gasteiger partial charge in [0, 0.05) is 12.5 Å². The van der Waals surface area contributed by atoms with Crippen LogP contribution in [0.5, 0.6) is 0 Å². The Labute approximate surface area is 152 Å². The molecule has 2 amide bonds. The Balaban J connectivity index is 1.87. The third-order valence-corrected chi connectivity index (χ3v) is 4.58. The number of hydrogen-bond donors (Lipinski definition) is 2. The van der Waals surface area contributed by atoms with Crippen molar-refractivity contribution in [2.75, 3.05) is 11.9 Å². The van der Waals surface area contributed by atoms with E-state index < -0.39 is 41.2 Å². The minimum atomic E-state index is -4.48. The van der Waals surface area contributed by atoms with E-state index in [2.05, 4.69) is 10.6 Å². The van der Waals surface area contributed by atoms with Crippen molar-refractivity contribution in [3.05, 3.63) is 65.0 Å². The molecule has 0 aromatic heterocycles. The first kappa shape index (κ1) is 18.9. The van der Waals surface area contributed by atoms with Gasteiger partial charge in [0.25, 0.3) is 0 Å². The van der Waals surface area contributed by atoms with Crippen LogP contribution in [0.15, 0.2) is 42.5 Å². The maximum absolute atomic E-state index is 13.7. The molecule has 3 rings (SSSR count). The zero-order valence-corrected chi connectivity index (χ0v) is 14.2. The predicted molar refractivity (Wildman–Crippen MR) is 90.5 cm³/mol. The molecule has 2 aromatic rings. The second-order valence-electron chi connectivity index (χ2n) is 6.37. The lowest BCUT2D eigenvalue weighted by Gasteiger charge is -2.19. The van der Waals surface area contributed by atoms with Gasteiger partial charge in [0.05, 0.1) is 11.3 Å². The van der Waals surface area contributed by atoms with Crippen LogP contribution in [0, 0.1) is 18.7 Å². The van der Waals surface area contributed by atoms with Crippen LogP contribution < -0.4 is 10.6 Å². The summed E-state index contributed by atoms with van der Waals surface area (Å²) in [5, 5.41) is 4.93. The van der Waals surface area contributed by atoms with Crippen LogP contribution in [0.25, 0.3) is 0 Å². The molecule has 0 radical (unpaired) electrons. The van der Waals surface area contributed by atoms with Crippen LogP contribution in [0.4, 0.5) is 23.2 Å². The molecule has 1 aliphatic rings. The average Bonchev–Trinajstić information content (AvgIpc) is 2.97. The number of anilines is 1. The van der Waals surface area contributed by atoms with E-state index in [4.69, 9.17) is 0 Å². The first-order valence-electron chi connectivity index (χ1n) is 8.19. The number of carbonyl (C=O) groups excluding carboxylic acids is 2. The third-order valence-electron chi connectivity index (χ3n) is 4.58. The van der Waals surface area contributed by atoms with Crippen molar-refractivity contribution >= 4 is 17.5 Å². The number of amides is 2. The van der Waals surface area contributed by atoms with Gasteiger partial charge in [-0.3, -0.25) is 9.59 Å². The highest BCUT2D eigenvalue weighted by molar-refractivity contribution is 6.08. The van der Waals surface area contributed by atoms with E-state index in [0.717, 1.165) is 6.07 Å². The van der Waals surface area contributed by atoms with Crippen LogP contribution in [-0.2, 0) is 15.8 Å². The number of alkyl halides is 3. The maximum Gasteiger partial charge on any atom is 0.416 e. The molecule has 1 fully saturated rings. The Bertz CT molecular complexity index is 896. The summed E-state index contributed by atoms with van der Waals surface area (Å²) < 4.78 is 52.6. The third kappa shape index (κ3) is 3.79. The molecule has 1 aliphatic heterocycles. The van der Waals surface area contributed by atoms with E-state index in [1.807, 2.05) is 0 Å². The summed E-state index contributed by atoms with van der Waals surface area (Å²) in [6, 6.07) is 9.06. The molecule has 0 saturated carbocycles. The van der Waals surface area contributed by atoms with Gasteiger partial charge in [-0.1, -0.05) is 24.3 Å². The molecular formula is C19H16F4N2O2. The molecule has 0 aliphatic carbocycles. The molecule has 8 heteroatoms. The lowest BCUT2D eigenvalue weighted by atomic mass is 9.86. The largest absolute Gasteiger partial charge is 0.416 e. The normalized spacial score (nSPS) is 19.7. The lowest BCUT2D eigenvalue weighted by molar-refractivity contribution is -0.138. The summed E-state index contributed by atoms with van der Waals surface area (Å²) >= 11 is 0. The first-order chi connectivity index (χ1) is 12.7. The number of benzene rings is 2. The van der Waals surface area contributed by atoms with E-state index in [-0.39, 0.29) is 17.8 Å². The Kier molecular flexibility index (Phi) is 4.91. The highest BCUT2D eigenvalue weighted by atomic mass is 19.4. The first-order valence-corrected chi connectivity index (χ1v) is 8.19. The zero-order valence-electron chi connectivity index (χ0n) is 14.2.